The highest BCUT2D eigenvalue weighted by Crippen LogP contribution is 2.06. The average molecular weight is 384 g/mol. The van der Waals surface area contributed by atoms with Crippen LogP contribution in [0.1, 0.15) is 21.5 Å². The first-order chi connectivity index (χ1) is 13.4. The molecule has 0 radical (unpaired) electrons. The zero-order valence-corrected chi connectivity index (χ0v) is 14.9. The molecular formula is C19H20N4O5. The van der Waals surface area contributed by atoms with Crippen LogP contribution in [0.2, 0.25) is 0 Å². The van der Waals surface area contributed by atoms with E-state index in [2.05, 4.69) is 16.0 Å². The summed E-state index contributed by atoms with van der Waals surface area (Å²) in [5.41, 5.74) is 6.82. The van der Waals surface area contributed by atoms with Crippen LogP contribution in [0.15, 0.2) is 54.6 Å². The molecule has 146 valence electrons. The molecule has 0 atom stereocenters. The van der Waals surface area contributed by atoms with Crippen LogP contribution in [0.25, 0.3) is 0 Å². The Balaban J connectivity index is 1.71. The lowest BCUT2D eigenvalue weighted by Gasteiger charge is -2.08. The summed E-state index contributed by atoms with van der Waals surface area (Å²) in [6.07, 6.45) is 0. The highest BCUT2D eigenvalue weighted by Gasteiger charge is 2.12. The van der Waals surface area contributed by atoms with Gasteiger partial charge in [-0.25, -0.2) is 14.4 Å². The van der Waals surface area contributed by atoms with Crippen LogP contribution in [0.5, 0.6) is 0 Å². The Morgan fingerprint density at radius 1 is 0.821 bits per heavy atom. The van der Waals surface area contributed by atoms with Gasteiger partial charge in [0.05, 0.1) is 5.56 Å². The van der Waals surface area contributed by atoms with Crippen molar-refractivity contribution in [1.29, 1.82) is 0 Å². The number of benzene rings is 2. The van der Waals surface area contributed by atoms with E-state index >= 15 is 0 Å². The third-order valence-electron chi connectivity index (χ3n) is 3.54. The lowest BCUT2D eigenvalue weighted by atomic mass is 10.1. The number of urea groups is 2. The summed E-state index contributed by atoms with van der Waals surface area (Å²) in [7, 11) is 0. The highest BCUT2D eigenvalue weighted by molar-refractivity contribution is 5.97. The number of primary amides is 1. The molecule has 2 rings (SSSR count). The number of hydrogen-bond donors (Lipinski definition) is 4. The number of rotatable bonds is 7. The molecule has 0 unspecified atom stereocenters. The molecule has 0 aliphatic heterocycles. The first-order valence-electron chi connectivity index (χ1n) is 8.35. The van der Waals surface area contributed by atoms with Crippen LogP contribution in [0.4, 0.5) is 9.59 Å². The monoisotopic (exact) mass is 384 g/mol. The fourth-order valence-electron chi connectivity index (χ4n) is 2.15. The lowest BCUT2D eigenvalue weighted by molar-refractivity contribution is -0.123. The minimum atomic E-state index is -0.749. The highest BCUT2D eigenvalue weighted by atomic mass is 16.5. The normalized spacial score (nSPS) is 9.86. The predicted octanol–water partition coefficient (Wildman–Crippen LogP) is 1.04. The Bertz CT molecular complexity index is 837. The van der Waals surface area contributed by atoms with Gasteiger partial charge >= 0.3 is 18.0 Å². The van der Waals surface area contributed by atoms with Crippen LogP contribution < -0.4 is 21.7 Å². The van der Waals surface area contributed by atoms with Crippen molar-refractivity contribution in [3.63, 3.8) is 0 Å². The summed E-state index contributed by atoms with van der Waals surface area (Å²) >= 11 is 0. The van der Waals surface area contributed by atoms with E-state index in [1.54, 1.807) is 12.1 Å². The van der Waals surface area contributed by atoms with Gasteiger partial charge in [0, 0.05) is 13.1 Å². The molecule has 0 spiro atoms. The number of nitrogens with two attached hydrogens (primary N) is 1. The molecule has 2 aromatic carbocycles. The Kier molecular flexibility index (Phi) is 7.53. The van der Waals surface area contributed by atoms with Crippen molar-refractivity contribution >= 4 is 23.9 Å². The molecule has 0 saturated heterocycles. The largest absolute Gasteiger partial charge is 0.452 e. The molecule has 0 aromatic heterocycles. The maximum Gasteiger partial charge on any atom is 0.338 e. The first-order valence-corrected chi connectivity index (χ1v) is 8.35. The number of esters is 1. The summed E-state index contributed by atoms with van der Waals surface area (Å²) in [6.45, 7) is -0.107. The van der Waals surface area contributed by atoms with E-state index in [9.17, 15) is 19.2 Å². The van der Waals surface area contributed by atoms with Crippen LogP contribution in [-0.2, 0) is 22.6 Å². The van der Waals surface area contributed by atoms with Crippen molar-refractivity contribution in [1.82, 2.24) is 16.0 Å². The number of nitrogens with one attached hydrogen (secondary N) is 3. The van der Waals surface area contributed by atoms with Crippen LogP contribution in [-0.4, -0.2) is 30.5 Å². The molecule has 9 heteroatoms. The Morgan fingerprint density at radius 3 is 2.07 bits per heavy atom. The Morgan fingerprint density at radius 2 is 1.43 bits per heavy atom. The molecule has 0 fully saturated rings. The summed E-state index contributed by atoms with van der Waals surface area (Å²) in [5.74, 6) is -1.46. The maximum atomic E-state index is 11.9. The minimum Gasteiger partial charge on any atom is -0.452 e. The lowest BCUT2D eigenvalue weighted by Crippen LogP contribution is -2.41. The molecule has 9 nitrogen and oxygen atoms in total. The standard InChI is InChI=1S/C19H20N4O5/c20-18(26)21-10-14-6-8-15(9-7-14)17(25)28-12-16(24)23-19(27)22-11-13-4-2-1-3-5-13/h1-9H,10-12H2,(H3,20,21,26)(H2,22,23,24,27). The van der Waals surface area contributed by atoms with Crippen LogP contribution in [0, 0.1) is 0 Å². The zero-order valence-electron chi connectivity index (χ0n) is 14.9. The second kappa shape index (κ2) is 10.3. The third-order valence-corrected chi connectivity index (χ3v) is 3.54. The topological polar surface area (TPSA) is 140 Å². The molecule has 0 aliphatic carbocycles. The van der Waals surface area contributed by atoms with Gasteiger partial charge in [-0.2, -0.15) is 0 Å². The molecule has 0 heterocycles. The van der Waals surface area contributed by atoms with Crippen molar-refractivity contribution in [2.24, 2.45) is 5.73 Å². The van der Waals surface area contributed by atoms with Gasteiger partial charge in [-0.15, -0.1) is 0 Å². The van der Waals surface area contributed by atoms with Gasteiger partial charge in [0.15, 0.2) is 6.61 Å². The fourth-order valence-corrected chi connectivity index (χ4v) is 2.15. The summed E-state index contributed by atoms with van der Waals surface area (Å²) in [6, 6.07) is 14.1. The smallest absolute Gasteiger partial charge is 0.338 e. The van der Waals surface area contributed by atoms with E-state index in [-0.39, 0.29) is 18.7 Å². The quantitative estimate of drug-likeness (QED) is 0.528. The van der Waals surface area contributed by atoms with Gasteiger partial charge in [0.1, 0.15) is 0 Å². The summed E-state index contributed by atoms with van der Waals surface area (Å²) in [5, 5.41) is 7.02. The maximum absolute atomic E-state index is 11.9. The molecule has 2 aromatic rings. The second-order valence-electron chi connectivity index (χ2n) is 5.71. The molecule has 0 aliphatic rings. The number of ether oxygens (including phenoxy) is 1. The number of imide groups is 1. The molecule has 5 amide bonds. The number of amides is 5. The van der Waals surface area contributed by atoms with E-state index in [0.717, 1.165) is 11.1 Å². The number of hydrogen-bond acceptors (Lipinski definition) is 5. The van der Waals surface area contributed by atoms with E-state index < -0.39 is 30.5 Å². The zero-order chi connectivity index (χ0) is 20.4. The Labute approximate surface area is 161 Å². The van der Waals surface area contributed by atoms with Crippen molar-refractivity contribution in [2.75, 3.05) is 6.61 Å². The van der Waals surface area contributed by atoms with Crippen LogP contribution >= 0.6 is 0 Å². The van der Waals surface area contributed by atoms with Gasteiger partial charge in [0.25, 0.3) is 5.91 Å². The summed E-state index contributed by atoms with van der Waals surface area (Å²) in [4.78, 5) is 46.0. The van der Waals surface area contributed by atoms with Crippen molar-refractivity contribution in [3.05, 3.63) is 71.3 Å². The second-order valence-corrected chi connectivity index (χ2v) is 5.71. The van der Waals surface area contributed by atoms with Crippen molar-refractivity contribution < 1.29 is 23.9 Å². The van der Waals surface area contributed by atoms with Crippen LogP contribution in [0.3, 0.4) is 0 Å². The third kappa shape index (κ3) is 7.16. The van der Waals surface area contributed by atoms with Gasteiger partial charge in [-0.3, -0.25) is 10.1 Å². The van der Waals surface area contributed by atoms with Gasteiger partial charge in [0.2, 0.25) is 0 Å². The van der Waals surface area contributed by atoms with Gasteiger partial charge < -0.3 is 21.1 Å². The van der Waals surface area contributed by atoms with Gasteiger partial charge in [-0.05, 0) is 23.3 Å². The van der Waals surface area contributed by atoms with E-state index in [4.69, 9.17) is 10.5 Å². The van der Waals surface area contributed by atoms with E-state index in [0.29, 0.717) is 0 Å². The summed E-state index contributed by atoms with van der Waals surface area (Å²) < 4.78 is 4.87. The minimum absolute atomic E-state index is 0.226. The average Bonchev–Trinajstić information content (AvgIpc) is 2.70. The number of carbonyl (C=O) groups is 4. The van der Waals surface area contributed by atoms with E-state index in [1.165, 1.54) is 12.1 Å². The molecule has 28 heavy (non-hydrogen) atoms. The molecular weight excluding hydrogens is 364 g/mol. The molecule has 0 bridgehead atoms. The van der Waals surface area contributed by atoms with Crippen molar-refractivity contribution in [3.8, 4) is 0 Å². The molecule has 0 saturated carbocycles. The first kappa shape index (κ1) is 20.4. The fraction of sp³-hybridized carbons (Fsp3) is 0.158. The Hall–Kier alpha value is -3.88. The van der Waals surface area contributed by atoms with E-state index in [1.807, 2.05) is 30.3 Å². The number of carbonyl (C=O) groups excluding carboxylic acids is 4. The van der Waals surface area contributed by atoms with Crippen molar-refractivity contribution in [2.45, 2.75) is 13.1 Å². The SMILES string of the molecule is NC(=O)NCc1ccc(C(=O)OCC(=O)NC(=O)NCc2ccccc2)cc1. The van der Waals surface area contributed by atoms with Gasteiger partial charge in [-0.1, -0.05) is 42.5 Å². The molecule has 5 N–H and O–H groups in total. The predicted molar refractivity (Wildman–Crippen MR) is 100.0 cm³/mol.